The molecule has 0 heterocycles. The van der Waals surface area contributed by atoms with Gasteiger partial charge in [-0.15, -0.1) is 24.0 Å². The van der Waals surface area contributed by atoms with E-state index in [0.717, 1.165) is 19.6 Å². The molecule has 19 heavy (non-hydrogen) atoms. The van der Waals surface area contributed by atoms with Gasteiger partial charge in [0, 0.05) is 19.1 Å². The van der Waals surface area contributed by atoms with E-state index in [1.807, 2.05) is 0 Å². The number of guanidine groups is 1. The Labute approximate surface area is 136 Å². The number of hydrogen-bond donors (Lipinski definition) is 1. The summed E-state index contributed by atoms with van der Waals surface area (Å²) in [7, 11) is 4.26. The fourth-order valence-corrected chi connectivity index (χ4v) is 2.40. The van der Waals surface area contributed by atoms with Gasteiger partial charge < -0.3 is 15.5 Å². The first-order valence-corrected chi connectivity index (χ1v) is 7.22. The van der Waals surface area contributed by atoms with Gasteiger partial charge in [0.25, 0.3) is 0 Å². The van der Waals surface area contributed by atoms with Crippen molar-refractivity contribution in [3.63, 3.8) is 0 Å². The van der Waals surface area contributed by atoms with Crippen LogP contribution in [0.3, 0.4) is 0 Å². The van der Waals surface area contributed by atoms with E-state index in [9.17, 15) is 0 Å². The Morgan fingerprint density at radius 1 is 1.05 bits per heavy atom. The summed E-state index contributed by atoms with van der Waals surface area (Å²) < 4.78 is 0. The zero-order chi connectivity index (χ0) is 14.1. The molecule has 1 atom stereocenters. The van der Waals surface area contributed by atoms with E-state index < -0.39 is 0 Å². The van der Waals surface area contributed by atoms with Gasteiger partial charge in [0.2, 0.25) is 0 Å². The highest BCUT2D eigenvalue weighted by Crippen LogP contribution is 2.17. The minimum atomic E-state index is 0. The number of nitrogens with zero attached hydrogens (tertiary/aromatic N) is 3. The van der Waals surface area contributed by atoms with E-state index in [-0.39, 0.29) is 24.0 Å². The molecule has 0 spiro atoms. The Hall–Kier alpha value is -0.0400. The van der Waals surface area contributed by atoms with Gasteiger partial charge in [0.1, 0.15) is 0 Å². The molecule has 0 saturated carbocycles. The van der Waals surface area contributed by atoms with Crippen LogP contribution in [-0.4, -0.2) is 55.5 Å². The van der Waals surface area contributed by atoms with E-state index in [4.69, 9.17) is 5.73 Å². The molecule has 0 radical (unpaired) electrons. The van der Waals surface area contributed by atoms with Crippen molar-refractivity contribution >= 4 is 29.9 Å². The average Bonchev–Trinajstić information content (AvgIpc) is 2.35. The van der Waals surface area contributed by atoms with Crippen molar-refractivity contribution in [1.29, 1.82) is 0 Å². The SMILES string of the molecule is CCC(CC)C(CN=C(N)N(CC)CC)N(C)C.I. The maximum atomic E-state index is 6.03. The molecule has 0 bridgehead atoms. The molecule has 0 rings (SSSR count). The monoisotopic (exact) mass is 384 g/mol. The summed E-state index contributed by atoms with van der Waals surface area (Å²) in [6.45, 7) is 11.4. The molecular weight excluding hydrogens is 351 g/mol. The second-order valence-corrected chi connectivity index (χ2v) is 4.98. The van der Waals surface area contributed by atoms with Gasteiger partial charge in [-0.25, -0.2) is 0 Å². The Bertz CT molecular complexity index is 236. The summed E-state index contributed by atoms with van der Waals surface area (Å²) >= 11 is 0. The lowest BCUT2D eigenvalue weighted by Gasteiger charge is -2.30. The van der Waals surface area contributed by atoms with Crippen molar-refractivity contribution < 1.29 is 0 Å². The highest BCUT2D eigenvalue weighted by atomic mass is 127. The van der Waals surface area contributed by atoms with E-state index in [0.29, 0.717) is 17.9 Å². The van der Waals surface area contributed by atoms with Crippen molar-refractivity contribution in [2.45, 2.75) is 46.6 Å². The number of likely N-dealkylation sites (N-methyl/N-ethyl adjacent to an activating group) is 1. The van der Waals surface area contributed by atoms with Crippen LogP contribution in [0.5, 0.6) is 0 Å². The van der Waals surface area contributed by atoms with Crippen LogP contribution in [0, 0.1) is 5.92 Å². The van der Waals surface area contributed by atoms with E-state index in [1.54, 1.807) is 0 Å². The molecule has 0 aromatic rings. The Morgan fingerprint density at radius 3 is 1.84 bits per heavy atom. The number of rotatable bonds is 8. The van der Waals surface area contributed by atoms with Gasteiger partial charge in [-0.2, -0.15) is 0 Å². The van der Waals surface area contributed by atoms with Crippen molar-refractivity contribution in [3.8, 4) is 0 Å². The van der Waals surface area contributed by atoms with Gasteiger partial charge in [-0.05, 0) is 33.9 Å². The van der Waals surface area contributed by atoms with Crippen molar-refractivity contribution in [1.82, 2.24) is 9.80 Å². The molecule has 2 N–H and O–H groups in total. The largest absolute Gasteiger partial charge is 0.370 e. The molecular formula is C14H33IN4. The summed E-state index contributed by atoms with van der Waals surface area (Å²) in [5.41, 5.74) is 6.03. The molecule has 0 aromatic carbocycles. The second kappa shape index (κ2) is 11.8. The predicted molar refractivity (Wildman–Crippen MR) is 96.4 cm³/mol. The van der Waals surface area contributed by atoms with Gasteiger partial charge in [0.15, 0.2) is 5.96 Å². The van der Waals surface area contributed by atoms with Crippen LogP contribution in [0.2, 0.25) is 0 Å². The summed E-state index contributed by atoms with van der Waals surface area (Å²) in [6.07, 6.45) is 2.39. The molecule has 5 heteroatoms. The molecule has 0 aliphatic rings. The lowest BCUT2D eigenvalue weighted by molar-refractivity contribution is 0.205. The minimum Gasteiger partial charge on any atom is -0.370 e. The first-order valence-electron chi connectivity index (χ1n) is 7.22. The minimum absolute atomic E-state index is 0. The lowest BCUT2D eigenvalue weighted by Crippen LogP contribution is -2.41. The van der Waals surface area contributed by atoms with E-state index >= 15 is 0 Å². The Morgan fingerprint density at radius 2 is 1.53 bits per heavy atom. The van der Waals surface area contributed by atoms with Crippen molar-refractivity contribution in [2.75, 3.05) is 33.7 Å². The maximum Gasteiger partial charge on any atom is 0.191 e. The molecule has 1 unspecified atom stereocenters. The molecule has 116 valence electrons. The molecule has 0 fully saturated rings. The fraction of sp³-hybridized carbons (Fsp3) is 0.929. The average molecular weight is 384 g/mol. The van der Waals surface area contributed by atoms with Gasteiger partial charge in [0.05, 0.1) is 6.54 Å². The molecule has 4 nitrogen and oxygen atoms in total. The topological polar surface area (TPSA) is 44.9 Å². The van der Waals surface area contributed by atoms with Crippen LogP contribution in [0.15, 0.2) is 4.99 Å². The summed E-state index contributed by atoms with van der Waals surface area (Å²) in [6, 6.07) is 0.481. The second-order valence-electron chi connectivity index (χ2n) is 4.98. The third-order valence-electron chi connectivity index (χ3n) is 3.78. The number of nitrogens with two attached hydrogens (primary N) is 1. The van der Waals surface area contributed by atoms with Crippen LogP contribution in [0.4, 0.5) is 0 Å². The number of hydrogen-bond acceptors (Lipinski definition) is 2. The van der Waals surface area contributed by atoms with Crippen LogP contribution in [-0.2, 0) is 0 Å². The summed E-state index contributed by atoms with van der Waals surface area (Å²) in [4.78, 5) is 8.95. The normalized spacial score (nSPS) is 13.6. The quantitative estimate of drug-likeness (QED) is 0.398. The van der Waals surface area contributed by atoms with Gasteiger partial charge >= 0.3 is 0 Å². The fourth-order valence-electron chi connectivity index (χ4n) is 2.40. The van der Waals surface area contributed by atoms with Gasteiger partial charge in [-0.1, -0.05) is 26.7 Å². The lowest BCUT2D eigenvalue weighted by atomic mass is 9.93. The number of halogens is 1. The van der Waals surface area contributed by atoms with Crippen LogP contribution >= 0.6 is 24.0 Å². The maximum absolute atomic E-state index is 6.03. The van der Waals surface area contributed by atoms with E-state index in [1.165, 1.54) is 12.8 Å². The van der Waals surface area contributed by atoms with Gasteiger partial charge in [-0.3, -0.25) is 4.99 Å². The predicted octanol–water partition coefficient (Wildman–Crippen LogP) is 2.63. The first-order chi connectivity index (χ1) is 8.51. The zero-order valence-corrected chi connectivity index (χ0v) is 15.8. The Balaban J connectivity index is 0. The van der Waals surface area contributed by atoms with E-state index in [2.05, 4.69) is 56.6 Å². The van der Waals surface area contributed by atoms with Crippen molar-refractivity contribution in [3.05, 3.63) is 0 Å². The highest BCUT2D eigenvalue weighted by Gasteiger charge is 2.20. The third kappa shape index (κ3) is 7.34. The number of aliphatic imine (C=N–C) groups is 1. The summed E-state index contributed by atoms with van der Waals surface area (Å²) in [5.74, 6) is 1.37. The summed E-state index contributed by atoms with van der Waals surface area (Å²) in [5, 5.41) is 0. The molecule has 0 aliphatic carbocycles. The van der Waals surface area contributed by atoms with Crippen LogP contribution in [0.1, 0.15) is 40.5 Å². The standard InChI is InChI=1S/C14H32N4.HI/c1-7-12(8-2)13(17(5)6)11-16-14(15)18(9-3)10-4;/h12-13H,7-11H2,1-6H3,(H2,15,16);1H. The molecule has 0 aromatic heterocycles. The zero-order valence-electron chi connectivity index (χ0n) is 13.5. The van der Waals surface area contributed by atoms with Crippen LogP contribution < -0.4 is 5.73 Å². The smallest absolute Gasteiger partial charge is 0.191 e. The van der Waals surface area contributed by atoms with Crippen molar-refractivity contribution in [2.24, 2.45) is 16.6 Å². The van der Waals surface area contributed by atoms with Crippen LogP contribution in [0.25, 0.3) is 0 Å². The third-order valence-corrected chi connectivity index (χ3v) is 3.78. The molecule has 0 amide bonds. The Kier molecular flexibility index (Phi) is 13.2. The first kappa shape index (κ1) is 21.3. The molecule has 0 aliphatic heterocycles. The molecule has 0 saturated heterocycles. The highest BCUT2D eigenvalue weighted by molar-refractivity contribution is 14.0.